The summed E-state index contributed by atoms with van der Waals surface area (Å²) >= 11 is 8.96. The Kier molecular flexibility index (Phi) is 11.1. The summed E-state index contributed by atoms with van der Waals surface area (Å²) in [4.78, 5) is 17.6. The van der Waals surface area contributed by atoms with Crippen LogP contribution < -0.4 is 11.1 Å². The number of hydrogen-bond acceptors (Lipinski definition) is 5. The van der Waals surface area contributed by atoms with E-state index in [4.69, 9.17) is 17.3 Å². The van der Waals surface area contributed by atoms with Crippen LogP contribution in [0.25, 0.3) is 9.88 Å². The highest BCUT2D eigenvalue weighted by atomic mass is 35.5. The molecule has 9 heteroatoms. The third-order valence-electron chi connectivity index (χ3n) is 3.08. The van der Waals surface area contributed by atoms with E-state index >= 15 is 0 Å². The molecule has 2 rings (SSSR count). The van der Waals surface area contributed by atoms with Gasteiger partial charge in [-0.1, -0.05) is 25.4 Å². The Bertz CT molecular complexity index is 631. The predicted molar refractivity (Wildman–Crippen MR) is 109 cm³/mol. The molecule has 0 aromatic carbocycles. The van der Waals surface area contributed by atoms with Crippen molar-refractivity contribution in [3.63, 3.8) is 0 Å². The molecule has 0 aliphatic rings. The highest BCUT2D eigenvalue weighted by Crippen LogP contribution is 2.32. The number of aromatic nitrogens is 1. The van der Waals surface area contributed by atoms with Crippen molar-refractivity contribution < 1.29 is 4.79 Å². The maximum Gasteiger partial charge on any atom is 0.226 e. The number of thiophene rings is 1. The van der Waals surface area contributed by atoms with E-state index in [2.05, 4.69) is 24.1 Å². The van der Waals surface area contributed by atoms with Gasteiger partial charge in [-0.3, -0.25) is 4.79 Å². The third-order valence-corrected chi connectivity index (χ3v) is 5.37. The number of carbonyl (C=O) groups is 1. The van der Waals surface area contributed by atoms with Crippen LogP contribution in [0.5, 0.6) is 0 Å². The lowest BCUT2D eigenvalue weighted by atomic mass is 10.0. The number of nitrogens with two attached hydrogens (primary N) is 1. The van der Waals surface area contributed by atoms with Gasteiger partial charge in [-0.2, -0.15) is 0 Å². The number of nitrogens with one attached hydrogen (secondary N) is 1. The maximum absolute atomic E-state index is 12.1. The third kappa shape index (κ3) is 7.25. The molecule has 3 N–H and O–H groups in total. The van der Waals surface area contributed by atoms with Crippen molar-refractivity contribution in [2.45, 2.75) is 32.7 Å². The Hall–Kier alpha value is -0.370. The quantitative estimate of drug-likeness (QED) is 0.684. The van der Waals surface area contributed by atoms with Crippen LogP contribution in [0.3, 0.4) is 0 Å². The zero-order chi connectivity index (χ0) is 16.1. The molecule has 4 nitrogen and oxygen atoms in total. The van der Waals surface area contributed by atoms with E-state index in [-0.39, 0.29) is 43.2 Å². The topological polar surface area (TPSA) is 68.0 Å². The summed E-state index contributed by atoms with van der Waals surface area (Å²) in [5.41, 5.74) is 6.49. The number of amides is 1. The fraction of sp³-hybridized carbons (Fsp3) is 0.467. The van der Waals surface area contributed by atoms with Gasteiger partial charge in [-0.15, -0.1) is 47.5 Å². The standard InChI is InChI=1S/C15H20ClN3OS2.2ClH/c1-9(2)5-10(7-17)18-14(20)6-11-8-21-15(19-11)12-3-4-13(16)22-12;;/h3-4,8-10H,5-7,17H2,1-2H3,(H,18,20);2*1H. The van der Waals surface area contributed by atoms with Crippen LogP contribution >= 0.6 is 59.1 Å². The van der Waals surface area contributed by atoms with E-state index in [0.717, 1.165) is 26.3 Å². The van der Waals surface area contributed by atoms with E-state index < -0.39 is 0 Å². The first-order valence-electron chi connectivity index (χ1n) is 7.17. The van der Waals surface area contributed by atoms with Crippen molar-refractivity contribution >= 4 is 65.0 Å². The van der Waals surface area contributed by atoms with Crippen LogP contribution in [0.1, 0.15) is 26.0 Å². The number of carbonyl (C=O) groups excluding carboxylic acids is 1. The normalized spacial score (nSPS) is 11.5. The van der Waals surface area contributed by atoms with Crippen molar-refractivity contribution in [3.05, 3.63) is 27.5 Å². The van der Waals surface area contributed by atoms with Crippen LogP contribution in [0.2, 0.25) is 4.34 Å². The van der Waals surface area contributed by atoms with Gasteiger partial charge in [0.15, 0.2) is 0 Å². The number of nitrogens with zero attached hydrogens (tertiary/aromatic N) is 1. The Balaban J connectivity index is 0.00000264. The van der Waals surface area contributed by atoms with Crippen LogP contribution in [-0.2, 0) is 11.2 Å². The molecule has 1 unspecified atom stereocenters. The molecule has 0 spiro atoms. The van der Waals surface area contributed by atoms with Gasteiger partial charge in [0.25, 0.3) is 0 Å². The monoisotopic (exact) mass is 429 g/mol. The van der Waals surface area contributed by atoms with Gasteiger partial charge < -0.3 is 11.1 Å². The van der Waals surface area contributed by atoms with Gasteiger partial charge in [0.1, 0.15) is 5.01 Å². The Morgan fingerprint density at radius 1 is 1.38 bits per heavy atom. The molecule has 136 valence electrons. The molecule has 0 aliphatic heterocycles. The Morgan fingerprint density at radius 3 is 2.62 bits per heavy atom. The second-order valence-corrected chi connectivity index (χ2v) is 8.13. The predicted octanol–water partition coefficient (Wildman–Crippen LogP) is 4.40. The van der Waals surface area contributed by atoms with Gasteiger partial charge in [-0.05, 0) is 24.5 Å². The van der Waals surface area contributed by atoms with Crippen LogP contribution in [0, 0.1) is 5.92 Å². The van der Waals surface area contributed by atoms with Crippen molar-refractivity contribution in [2.75, 3.05) is 6.54 Å². The summed E-state index contributed by atoms with van der Waals surface area (Å²) < 4.78 is 0.740. The highest BCUT2D eigenvalue weighted by Gasteiger charge is 2.15. The minimum absolute atomic E-state index is 0. The molecule has 0 bridgehead atoms. The van der Waals surface area contributed by atoms with E-state index in [1.165, 1.54) is 22.7 Å². The second kappa shape index (κ2) is 11.3. The molecule has 2 aromatic rings. The number of halogens is 3. The molecule has 1 atom stereocenters. The van der Waals surface area contributed by atoms with E-state index in [1.54, 1.807) is 0 Å². The molecule has 2 heterocycles. The first-order valence-corrected chi connectivity index (χ1v) is 9.25. The van der Waals surface area contributed by atoms with Crippen LogP contribution in [0.15, 0.2) is 17.5 Å². The van der Waals surface area contributed by atoms with Crippen molar-refractivity contribution in [1.29, 1.82) is 0 Å². The zero-order valence-electron chi connectivity index (χ0n) is 13.5. The summed E-state index contributed by atoms with van der Waals surface area (Å²) in [6.07, 6.45) is 1.17. The Labute approximate surface area is 168 Å². The zero-order valence-corrected chi connectivity index (χ0v) is 17.5. The SMILES string of the molecule is CC(C)CC(CN)NC(=O)Cc1csc(-c2ccc(Cl)s2)n1.Cl.Cl. The first kappa shape index (κ1) is 23.6. The van der Waals surface area contributed by atoms with Crippen molar-refractivity contribution in [1.82, 2.24) is 10.3 Å². The molecular weight excluding hydrogens is 409 g/mol. The molecular formula is C15H22Cl3N3OS2. The minimum atomic E-state index is -0.0304. The van der Waals surface area contributed by atoms with Gasteiger partial charge in [0.05, 0.1) is 21.3 Å². The molecule has 1 amide bonds. The maximum atomic E-state index is 12.1. The fourth-order valence-electron chi connectivity index (χ4n) is 2.16. The summed E-state index contributed by atoms with van der Waals surface area (Å²) in [6, 6.07) is 3.83. The first-order chi connectivity index (χ1) is 10.5. The number of thiazole rings is 1. The number of hydrogen-bond donors (Lipinski definition) is 2. The van der Waals surface area contributed by atoms with Crippen LogP contribution in [0.4, 0.5) is 0 Å². The lowest BCUT2D eigenvalue weighted by Gasteiger charge is -2.18. The molecule has 2 aromatic heterocycles. The van der Waals surface area contributed by atoms with E-state index in [1.807, 2.05) is 17.5 Å². The van der Waals surface area contributed by atoms with Crippen LogP contribution in [-0.4, -0.2) is 23.5 Å². The largest absolute Gasteiger partial charge is 0.352 e. The van der Waals surface area contributed by atoms with Crippen molar-refractivity contribution in [3.8, 4) is 9.88 Å². The summed E-state index contributed by atoms with van der Waals surface area (Å²) in [5.74, 6) is 0.473. The van der Waals surface area contributed by atoms with Gasteiger partial charge in [0, 0.05) is 18.0 Å². The molecule has 0 fully saturated rings. The van der Waals surface area contributed by atoms with E-state index in [0.29, 0.717) is 12.5 Å². The highest BCUT2D eigenvalue weighted by molar-refractivity contribution is 7.23. The fourth-order valence-corrected chi connectivity index (χ4v) is 4.09. The summed E-state index contributed by atoms with van der Waals surface area (Å²) in [7, 11) is 0. The second-order valence-electron chi connectivity index (χ2n) is 5.55. The molecule has 0 aliphatic carbocycles. The summed E-state index contributed by atoms with van der Waals surface area (Å²) in [6.45, 7) is 4.70. The summed E-state index contributed by atoms with van der Waals surface area (Å²) in [5, 5.41) is 5.80. The van der Waals surface area contributed by atoms with Gasteiger partial charge in [-0.25, -0.2) is 4.98 Å². The smallest absolute Gasteiger partial charge is 0.226 e. The minimum Gasteiger partial charge on any atom is -0.352 e. The average molecular weight is 431 g/mol. The average Bonchev–Trinajstić information content (AvgIpc) is 3.06. The van der Waals surface area contributed by atoms with Gasteiger partial charge in [0.2, 0.25) is 5.91 Å². The molecule has 0 saturated heterocycles. The lowest BCUT2D eigenvalue weighted by molar-refractivity contribution is -0.121. The van der Waals surface area contributed by atoms with E-state index in [9.17, 15) is 4.79 Å². The van der Waals surface area contributed by atoms with Gasteiger partial charge >= 0.3 is 0 Å². The van der Waals surface area contributed by atoms with Crippen molar-refractivity contribution in [2.24, 2.45) is 11.7 Å². The molecule has 0 radical (unpaired) electrons. The molecule has 24 heavy (non-hydrogen) atoms. The Morgan fingerprint density at radius 2 is 2.08 bits per heavy atom. The molecule has 0 saturated carbocycles. The lowest BCUT2D eigenvalue weighted by Crippen LogP contribution is -2.41. The number of rotatable bonds is 7.